The van der Waals surface area contributed by atoms with E-state index < -0.39 is 0 Å². The maximum Gasteiger partial charge on any atom is 0.261 e. The van der Waals surface area contributed by atoms with Crippen molar-refractivity contribution >= 4 is 28.6 Å². The third-order valence-electron chi connectivity index (χ3n) is 4.51. The molecule has 0 atom stereocenters. The summed E-state index contributed by atoms with van der Waals surface area (Å²) in [6, 6.07) is 3.75. The number of aromatic amines is 1. The Bertz CT molecular complexity index is 1110. The molecule has 7 heteroatoms. The Morgan fingerprint density at radius 1 is 1.26 bits per heavy atom. The van der Waals surface area contributed by atoms with Crippen LogP contribution >= 0.6 is 11.8 Å². The van der Waals surface area contributed by atoms with Crippen molar-refractivity contribution in [3.05, 3.63) is 63.4 Å². The lowest BCUT2D eigenvalue weighted by Gasteiger charge is -2.07. The number of carbonyl (C=O) groups excluding carboxylic acids is 1. The quantitative estimate of drug-likeness (QED) is 0.305. The fourth-order valence-electron chi connectivity index (χ4n) is 3.24. The van der Waals surface area contributed by atoms with Crippen molar-refractivity contribution in [3.8, 4) is 0 Å². The van der Waals surface area contributed by atoms with E-state index in [1.165, 1.54) is 11.8 Å². The van der Waals surface area contributed by atoms with Gasteiger partial charge in [-0.1, -0.05) is 17.8 Å². The monoisotopic (exact) mass is 382 g/mol. The van der Waals surface area contributed by atoms with Gasteiger partial charge in [0.05, 0.1) is 11.1 Å². The van der Waals surface area contributed by atoms with Crippen LogP contribution in [-0.2, 0) is 6.54 Å². The zero-order valence-electron chi connectivity index (χ0n) is 15.9. The Hall–Kier alpha value is -2.67. The number of ketones is 1. The van der Waals surface area contributed by atoms with Crippen LogP contribution < -0.4 is 5.56 Å². The number of fused-ring (bicyclic) bond motifs is 1. The molecule has 0 amide bonds. The number of thioether (sulfide) groups is 1. The van der Waals surface area contributed by atoms with E-state index in [1.807, 2.05) is 45.9 Å². The number of allylic oxidation sites excluding steroid dienone is 1. The summed E-state index contributed by atoms with van der Waals surface area (Å²) in [6.45, 7) is 12.1. The lowest BCUT2D eigenvalue weighted by atomic mass is 10.2. The summed E-state index contributed by atoms with van der Waals surface area (Å²) in [7, 11) is 0. The van der Waals surface area contributed by atoms with E-state index in [0.717, 1.165) is 22.6 Å². The van der Waals surface area contributed by atoms with Gasteiger partial charge >= 0.3 is 0 Å². The van der Waals surface area contributed by atoms with Crippen molar-refractivity contribution in [2.75, 3.05) is 5.75 Å². The Morgan fingerprint density at radius 2 is 2.00 bits per heavy atom. The second-order valence-corrected chi connectivity index (χ2v) is 7.51. The number of aryl methyl sites for hydroxylation is 3. The zero-order valence-corrected chi connectivity index (χ0v) is 16.7. The topological polar surface area (TPSA) is 80.6 Å². The highest BCUT2D eigenvalue weighted by Crippen LogP contribution is 2.21. The van der Waals surface area contributed by atoms with Gasteiger partial charge in [-0.2, -0.15) is 0 Å². The van der Waals surface area contributed by atoms with E-state index >= 15 is 0 Å². The van der Waals surface area contributed by atoms with E-state index in [1.54, 1.807) is 0 Å². The summed E-state index contributed by atoms with van der Waals surface area (Å²) < 4.78 is 2.05. The lowest BCUT2D eigenvalue weighted by molar-refractivity contribution is 0.102. The summed E-state index contributed by atoms with van der Waals surface area (Å²) in [5.74, 6) is 0.192. The fourth-order valence-corrected chi connectivity index (χ4v) is 3.98. The van der Waals surface area contributed by atoms with Gasteiger partial charge in [0.2, 0.25) is 0 Å². The molecule has 0 unspecified atom stereocenters. The van der Waals surface area contributed by atoms with E-state index in [-0.39, 0.29) is 17.1 Å². The molecule has 3 aromatic heterocycles. The van der Waals surface area contributed by atoms with Crippen molar-refractivity contribution < 1.29 is 4.79 Å². The molecule has 0 aromatic carbocycles. The molecule has 0 aliphatic carbocycles. The molecule has 3 heterocycles. The Labute approximate surface area is 161 Å². The molecule has 0 saturated heterocycles. The van der Waals surface area contributed by atoms with E-state index in [9.17, 15) is 9.59 Å². The molecule has 0 spiro atoms. The fraction of sp³-hybridized carbons (Fsp3) is 0.300. The number of pyridine rings is 1. The molecule has 3 aromatic rings. The SMILES string of the molecule is C=CCn1c(C)cc(C(=O)CSc2nc3nc(C)cc(C)c3c(=O)[nH]2)c1C. The summed E-state index contributed by atoms with van der Waals surface area (Å²) in [5, 5.41) is 0.891. The highest BCUT2D eigenvalue weighted by atomic mass is 32.2. The molecule has 0 saturated carbocycles. The van der Waals surface area contributed by atoms with E-state index in [2.05, 4.69) is 26.1 Å². The minimum Gasteiger partial charge on any atom is -0.345 e. The van der Waals surface area contributed by atoms with Crippen LogP contribution in [0.5, 0.6) is 0 Å². The first-order valence-corrected chi connectivity index (χ1v) is 9.62. The van der Waals surface area contributed by atoms with Gasteiger partial charge in [-0.15, -0.1) is 6.58 Å². The lowest BCUT2D eigenvalue weighted by Crippen LogP contribution is -2.13. The van der Waals surface area contributed by atoms with Crippen molar-refractivity contribution in [1.29, 1.82) is 0 Å². The van der Waals surface area contributed by atoms with Crippen molar-refractivity contribution in [2.45, 2.75) is 39.4 Å². The largest absolute Gasteiger partial charge is 0.345 e. The first-order valence-electron chi connectivity index (χ1n) is 8.63. The summed E-state index contributed by atoms with van der Waals surface area (Å²) >= 11 is 1.22. The van der Waals surface area contributed by atoms with Gasteiger partial charge in [-0.05, 0) is 45.4 Å². The van der Waals surface area contributed by atoms with Crippen molar-refractivity contribution in [2.24, 2.45) is 0 Å². The Kier molecular flexibility index (Phi) is 5.32. The van der Waals surface area contributed by atoms with Crippen molar-refractivity contribution in [1.82, 2.24) is 19.5 Å². The second kappa shape index (κ2) is 7.52. The Morgan fingerprint density at radius 3 is 2.70 bits per heavy atom. The molecular formula is C20H22N4O2S. The zero-order chi connectivity index (χ0) is 19.7. The van der Waals surface area contributed by atoms with Gasteiger partial charge in [-0.3, -0.25) is 9.59 Å². The predicted octanol–water partition coefficient (Wildman–Crippen LogP) is 3.51. The highest BCUT2D eigenvalue weighted by Gasteiger charge is 2.16. The molecule has 140 valence electrons. The first-order chi connectivity index (χ1) is 12.8. The van der Waals surface area contributed by atoms with E-state index in [0.29, 0.717) is 28.3 Å². The molecule has 3 rings (SSSR count). The van der Waals surface area contributed by atoms with E-state index in [4.69, 9.17) is 0 Å². The van der Waals surface area contributed by atoms with Gasteiger partial charge in [0.15, 0.2) is 16.6 Å². The number of nitrogens with one attached hydrogen (secondary N) is 1. The minimum absolute atomic E-state index is 0.000426. The molecule has 0 aliphatic rings. The summed E-state index contributed by atoms with van der Waals surface area (Å²) in [6.07, 6.45) is 1.81. The van der Waals surface area contributed by atoms with Crippen LogP contribution in [0.25, 0.3) is 11.0 Å². The molecular weight excluding hydrogens is 360 g/mol. The normalized spacial score (nSPS) is 11.1. The maximum absolute atomic E-state index is 12.7. The number of nitrogens with zero attached hydrogens (tertiary/aromatic N) is 3. The van der Waals surface area contributed by atoms with Gasteiger partial charge in [-0.25, -0.2) is 9.97 Å². The van der Waals surface area contributed by atoms with Crippen molar-refractivity contribution in [3.63, 3.8) is 0 Å². The first kappa shape index (κ1) is 19.1. The smallest absolute Gasteiger partial charge is 0.261 e. The summed E-state index contributed by atoms with van der Waals surface area (Å²) in [4.78, 5) is 36.6. The van der Waals surface area contributed by atoms with Gasteiger partial charge in [0.1, 0.15) is 0 Å². The van der Waals surface area contributed by atoms with Gasteiger partial charge in [0.25, 0.3) is 5.56 Å². The Balaban J connectivity index is 1.85. The van der Waals surface area contributed by atoms with Gasteiger partial charge < -0.3 is 9.55 Å². The maximum atomic E-state index is 12.7. The third-order valence-corrected chi connectivity index (χ3v) is 5.38. The number of H-pyrrole nitrogens is 1. The van der Waals surface area contributed by atoms with Crippen LogP contribution in [0.1, 0.15) is 33.0 Å². The molecule has 0 aliphatic heterocycles. The molecule has 1 N–H and O–H groups in total. The van der Waals surface area contributed by atoms with Crippen LogP contribution in [0.3, 0.4) is 0 Å². The van der Waals surface area contributed by atoms with Gasteiger partial charge in [0, 0.05) is 29.2 Å². The average molecular weight is 382 g/mol. The summed E-state index contributed by atoms with van der Waals surface area (Å²) in [5.41, 5.74) is 4.46. The van der Waals surface area contributed by atoms with Crippen LogP contribution in [0.2, 0.25) is 0 Å². The molecule has 6 nitrogen and oxygen atoms in total. The van der Waals surface area contributed by atoms with Crippen LogP contribution in [0.4, 0.5) is 0 Å². The van der Waals surface area contributed by atoms with Crippen LogP contribution in [0.15, 0.2) is 34.7 Å². The number of hydrogen-bond acceptors (Lipinski definition) is 5. The molecule has 0 radical (unpaired) electrons. The third kappa shape index (κ3) is 3.73. The second-order valence-electron chi connectivity index (χ2n) is 6.55. The number of carbonyl (C=O) groups is 1. The van der Waals surface area contributed by atoms with Crippen LogP contribution in [-0.4, -0.2) is 31.1 Å². The average Bonchev–Trinajstić information content (AvgIpc) is 2.87. The predicted molar refractivity (Wildman–Crippen MR) is 109 cm³/mol. The number of rotatable bonds is 6. The molecule has 0 fully saturated rings. The molecule has 27 heavy (non-hydrogen) atoms. The number of aromatic nitrogens is 4. The number of Topliss-reactive ketones (excluding diaryl/α,β-unsaturated/α-hetero) is 1. The highest BCUT2D eigenvalue weighted by molar-refractivity contribution is 7.99. The molecule has 0 bridgehead atoms. The minimum atomic E-state index is -0.232. The standard InChI is InChI=1S/C20H22N4O2S/c1-6-7-24-13(4)9-15(14(24)5)16(25)10-27-20-22-18-17(19(26)23-20)11(2)8-12(3)21-18/h6,8-9H,1,7,10H2,2-5H3,(H,21,22,23,26). The van der Waals surface area contributed by atoms with Crippen LogP contribution in [0, 0.1) is 27.7 Å². The number of hydrogen-bond donors (Lipinski definition) is 1.